The fourth-order valence-corrected chi connectivity index (χ4v) is 4.35. The Morgan fingerprint density at radius 3 is 2.30 bits per heavy atom. The van der Waals surface area contributed by atoms with Gasteiger partial charge in [-0.2, -0.15) is 0 Å². The van der Waals surface area contributed by atoms with Gasteiger partial charge in [0.25, 0.3) is 5.91 Å². The number of hydrogen-bond donors (Lipinski definition) is 2. The molecule has 1 aliphatic rings. The van der Waals surface area contributed by atoms with Crippen molar-refractivity contribution in [3.05, 3.63) is 66.2 Å². The van der Waals surface area contributed by atoms with E-state index in [9.17, 15) is 9.90 Å². The zero-order chi connectivity index (χ0) is 18.9. The Labute approximate surface area is 166 Å². The van der Waals surface area contributed by atoms with Gasteiger partial charge in [0.05, 0.1) is 12.1 Å². The number of likely N-dealkylation sites (tertiary alicyclic amines) is 1. The molecule has 27 heavy (non-hydrogen) atoms. The number of aliphatic hydroxyl groups excluding tert-OH is 1. The van der Waals surface area contributed by atoms with E-state index in [2.05, 4.69) is 22.3 Å². The van der Waals surface area contributed by atoms with Crippen LogP contribution < -0.4 is 5.32 Å². The van der Waals surface area contributed by atoms with Crippen LogP contribution in [0, 0.1) is 0 Å². The van der Waals surface area contributed by atoms with Gasteiger partial charge in [-0.15, -0.1) is 11.8 Å². The SMILES string of the molecule is O=C(NC(CSc1ccccc1)C(O)CN1CCCCC1)c1ccccc1. The topological polar surface area (TPSA) is 52.6 Å². The molecular weight excluding hydrogens is 356 g/mol. The number of hydrogen-bond acceptors (Lipinski definition) is 4. The van der Waals surface area contributed by atoms with Crippen LogP contribution in [0.3, 0.4) is 0 Å². The van der Waals surface area contributed by atoms with E-state index < -0.39 is 6.10 Å². The summed E-state index contributed by atoms with van der Waals surface area (Å²) < 4.78 is 0. The smallest absolute Gasteiger partial charge is 0.251 e. The molecule has 1 heterocycles. The lowest BCUT2D eigenvalue weighted by Gasteiger charge is -2.32. The Bertz CT molecular complexity index is 690. The molecule has 0 aliphatic carbocycles. The first-order valence-electron chi connectivity index (χ1n) is 9.66. The number of rotatable bonds is 8. The minimum Gasteiger partial charge on any atom is -0.390 e. The Balaban J connectivity index is 1.64. The molecule has 1 saturated heterocycles. The van der Waals surface area contributed by atoms with Crippen molar-refractivity contribution in [2.75, 3.05) is 25.4 Å². The summed E-state index contributed by atoms with van der Waals surface area (Å²) in [4.78, 5) is 16.1. The molecule has 0 radical (unpaired) electrons. The largest absolute Gasteiger partial charge is 0.390 e. The van der Waals surface area contributed by atoms with Gasteiger partial charge in [-0.1, -0.05) is 42.8 Å². The lowest BCUT2D eigenvalue weighted by Crippen LogP contribution is -2.50. The van der Waals surface area contributed by atoms with Crippen LogP contribution in [0.1, 0.15) is 29.6 Å². The van der Waals surface area contributed by atoms with Crippen molar-refractivity contribution in [3.8, 4) is 0 Å². The number of nitrogens with one attached hydrogen (secondary N) is 1. The van der Waals surface area contributed by atoms with E-state index in [1.54, 1.807) is 23.9 Å². The quantitative estimate of drug-likeness (QED) is 0.685. The molecule has 4 nitrogen and oxygen atoms in total. The second-order valence-electron chi connectivity index (χ2n) is 7.00. The fourth-order valence-electron chi connectivity index (χ4n) is 3.33. The van der Waals surface area contributed by atoms with Gasteiger partial charge in [-0.05, 0) is 50.2 Å². The van der Waals surface area contributed by atoms with E-state index in [0.29, 0.717) is 17.9 Å². The number of carbonyl (C=O) groups is 1. The van der Waals surface area contributed by atoms with E-state index in [0.717, 1.165) is 18.0 Å². The fraction of sp³-hybridized carbons (Fsp3) is 0.409. The van der Waals surface area contributed by atoms with E-state index in [1.807, 2.05) is 36.4 Å². The van der Waals surface area contributed by atoms with Crippen molar-refractivity contribution in [1.82, 2.24) is 10.2 Å². The maximum absolute atomic E-state index is 12.6. The maximum Gasteiger partial charge on any atom is 0.251 e. The number of β-amino-alcohol motifs (C(OH)–C–C–N with tert-alkyl or cyclic N) is 1. The summed E-state index contributed by atoms with van der Waals surface area (Å²) in [7, 11) is 0. The van der Waals surface area contributed by atoms with Gasteiger partial charge in [-0.3, -0.25) is 4.79 Å². The van der Waals surface area contributed by atoms with Gasteiger partial charge in [0, 0.05) is 22.8 Å². The lowest BCUT2D eigenvalue weighted by atomic mass is 10.1. The number of aliphatic hydroxyl groups is 1. The molecule has 0 bridgehead atoms. The molecule has 2 unspecified atom stereocenters. The summed E-state index contributed by atoms with van der Waals surface area (Å²) >= 11 is 1.66. The second-order valence-corrected chi connectivity index (χ2v) is 8.09. The highest BCUT2D eigenvalue weighted by Crippen LogP contribution is 2.20. The Morgan fingerprint density at radius 1 is 1.00 bits per heavy atom. The van der Waals surface area contributed by atoms with Crippen molar-refractivity contribution < 1.29 is 9.90 Å². The van der Waals surface area contributed by atoms with Crippen LogP contribution in [0.15, 0.2) is 65.6 Å². The van der Waals surface area contributed by atoms with Gasteiger partial charge in [0.2, 0.25) is 0 Å². The molecule has 5 heteroatoms. The van der Waals surface area contributed by atoms with E-state index in [4.69, 9.17) is 0 Å². The average molecular weight is 385 g/mol. The first-order valence-corrected chi connectivity index (χ1v) is 10.6. The normalized spacial score (nSPS) is 17.2. The molecule has 1 amide bonds. The van der Waals surface area contributed by atoms with Crippen LogP contribution in [-0.4, -0.2) is 53.4 Å². The molecule has 2 aromatic carbocycles. The number of amides is 1. The number of piperidine rings is 1. The molecule has 144 valence electrons. The summed E-state index contributed by atoms with van der Waals surface area (Å²) in [6, 6.07) is 19.0. The molecule has 2 aromatic rings. The van der Waals surface area contributed by atoms with E-state index in [-0.39, 0.29) is 11.9 Å². The molecule has 0 spiro atoms. The molecule has 1 aliphatic heterocycles. The minimum atomic E-state index is -0.591. The number of carbonyl (C=O) groups excluding carboxylic acids is 1. The Kier molecular flexibility index (Phi) is 7.75. The van der Waals surface area contributed by atoms with Crippen LogP contribution in [0.25, 0.3) is 0 Å². The van der Waals surface area contributed by atoms with Crippen molar-refractivity contribution in [1.29, 1.82) is 0 Å². The Hall–Kier alpha value is -1.82. The minimum absolute atomic E-state index is 0.132. The van der Waals surface area contributed by atoms with Crippen molar-refractivity contribution in [2.24, 2.45) is 0 Å². The second kappa shape index (κ2) is 10.5. The van der Waals surface area contributed by atoms with E-state index in [1.165, 1.54) is 19.3 Å². The first-order chi connectivity index (χ1) is 13.2. The Morgan fingerprint density at radius 2 is 1.63 bits per heavy atom. The third-order valence-electron chi connectivity index (χ3n) is 4.88. The van der Waals surface area contributed by atoms with Crippen LogP contribution in [0.2, 0.25) is 0 Å². The van der Waals surface area contributed by atoms with Gasteiger partial charge in [0.1, 0.15) is 0 Å². The zero-order valence-corrected chi connectivity index (χ0v) is 16.4. The monoisotopic (exact) mass is 384 g/mol. The third-order valence-corrected chi connectivity index (χ3v) is 6.01. The maximum atomic E-state index is 12.6. The molecule has 3 rings (SSSR count). The molecule has 0 saturated carbocycles. The van der Waals surface area contributed by atoms with Gasteiger partial charge >= 0.3 is 0 Å². The highest BCUT2D eigenvalue weighted by atomic mass is 32.2. The lowest BCUT2D eigenvalue weighted by molar-refractivity contribution is 0.0677. The van der Waals surface area contributed by atoms with Crippen LogP contribution >= 0.6 is 11.8 Å². The highest BCUT2D eigenvalue weighted by molar-refractivity contribution is 7.99. The summed E-state index contributed by atoms with van der Waals surface area (Å²) in [5.74, 6) is 0.504. The van der Waals surface area contributed by atoms with Crippen LogP contribution in [0.4, 0.5) is 0 Å². The van der Waals surface area contributed by atoms with Gasteiger partial charge in [-0.25, -0.2) is 0 Å². The third kappa shape index (κ3) is 6.38. The van der Waals surface area contributed by atoms with Crippen molar-refractivity contribution in [2.45, 2.75) is 36.3 Å². The summed E-state index contributed by atoms with van der Waals surface area (Å²) in [6.07, 6.45) is 3.05. The van der Waals surface area contributed by atoms with Crippen molar-refractivity contribution in [3.63, 3.8) is 0 Å². The summed E-state index contributed by atoms with van der Waals surface area (Å²) in [5.41, 5.74) is 0.623. The summed E-state index contributed by atoms with van der Waals surface area (Å²) in [6.45, 7) is 2.67. The molecule has 1 fully saturated rings. The highest BCUT2D eigenvalue weighted by Gasteiger charge is 2.25. The number of nitrogens with zero attached hydrogens (tertiary/aromatic N) is 1. The van der Waals surface area contributed by atoms with Crippen LogP contribution in [0.5, 0.6) is 0 Å². The first kappa shape index (κ1) is 19.9. The standard InChI is InChI=1S/C22H28N2O2S/c25-21(16-24-14-8-3-9-15-24)20(17-27-19-12-6-2-7-13-19)23-22(26)18-10-4-1-5-11-18/h1-2,4-7,10-13,20-21,25H,3,8-9,14-17H2,(H,23,26). The molecule has 2 N–H and O–H groups in total. The molecule has 2 atom stereocenters. The number of thioether (sulfide) groups is 1. The van der Waals surface area contributed by atoms with Crippen molar-refractivity contribution >= 4 is 17.7 Å². The predicted octanol–water partition coefficient (Wildman–Crippen LogP) is 3.42. The number of benzene rings is 2. The van der Waals surface area contributed by atoms with Gasteiger partial charge < -0.3 is 15.3 Å². The predicted molar refractivity (Wildman–Crippen MR) is 111 cm³/mol. The van der Waals surface area contributed by atoms with E-state index >= 15 is 0 Å². The molecular formula is C22H28N2O2S. The zero-order valence-electron chi connectivity index (χ0n) is 15.6. The van der Waals surface area contributed by atoms with Crippen LogP contribution in [-0.2, 0) is 0 Å². The average Bonchev–Trinajstić information content (AvgIpc) is 2.73. The van der Waals surface area contributed by atoms with Gasteiger partial charge in [0.15, 0.2) is 0 Å². The summed E-state index contributed by atoms with van der Waals surface area (Å²) in [5, 5.41) is 13.9. The molecule has 0 aromatic heterocycles.